The number of ether oxygens (including phenoxy) is 2. The minimum atomic E-state index is -0.181. The van der Waals surface area contributed by atoms with E-state index in [4.69, 9.17) is 19.5 Å². The molecule has 0 radical (unpaired) electrons. The van der Waals surface area contributed by atoms with Crippen molar-refractivity contribution in [2.24, 2.45) is 4.99 Å². The van der Waals surface area contributed by atoms with Crippen molar-refractivity contribution >= 4 is 23.1 Å². The minimum Gasteiger partial charge on any atom is -0.471 e. The van der Waals surface area contributed by atoms with Crippen molar-refractivity contribution in [3.8, 4) is 22.6 Å². The third-order valence-electron chi connectivity index (χ3n) is 9.95. The number of para-hydroxylation sites is 1. The first kappa shape index (κ1) is 28.5. The van der Waals surface area contributed by atoms with Crippen molar-refractivity contribution in [2.45, 2.75) is 44.8 Å². The Morgan fingerprint density at radius 1 is 0.729 bits per heavy atom. The highest BCUT2D eigenvalue weighted by Crippen LogP contribution is 2.51. The Labute approximate surface area is 281 Å². The van der Waals surface area contributed by atoms with E-state index in [2.05, 4.69) is 141 Å². The van der Waals surface area contributed by atoms with Crippen molar-refractivity contribution < 1.29 is 9.47 Å². The summed E-state index contributed by atoms with van der Waals surface area (Å²) in [6.07, 6.45) is 2.77. The van der Waals surface area contributed by atoms with E-state index < -0.39 is 0 Å². The molecule has 5 nitrogen and oxygen atoms in total. The predicted octanol–water partition coefficient (Wildman–Crippen LogP) is 10.4. The molecule has 48 heavy (non-hydrogen) atoms. The zero-order valence-electron chi connectivity index (χ0n) is 27.2. The maximum absolute atomic E-state index is 6.76. The molecule has 6 aromatic rings. The molecular formula is C43H35N3O2. The van der Waals surface area contributed by atoms with Gasteiger partial charge in [-0.1, -0.05) is 92.7 Å². The van der Waals surface area contributed by atoms with Gasteiger partial charge in [0.15, 0.2) is 0 Å². The fourth-order valence-electron chi connectivity index (χ4n) is 7.65. The van der Waals surface area contributed by atoms with Crippen LogP contribution in [0.2, 0.25) is 0 Å². The first-order valence-corrected chi connectivity index (χ1v) is 16.6. The molecule has 5 aromatic carbocycles. The molecule has 0 unspecified atom stereocenters. The van der Waals surface area contributed by atoms with E-state index in [0.29, 0.717) is 5.90 Å². The molecule has 0 N–H and O–H groups in total. The zero-order valence-corrected chi connectivity index (χ0v) is 27.2. The summed E-state index contributed by atoms with van der Waals surface area (Å²) < 4.78 is 13.3. The van der Waals surface area contributed by atoms with Crippen LogP contribution in [0.3, 0.4) is 0 Å². The molecule has 0 saturated carbocycles. The number of nitrogens with zero attached hydrogens (tertiary/aromatic N) is 3. The van der Waals surface area contributed by atoms with E-state index in [0.717, 1.165) is 57.4 Å². The Kier molecular flexibility index (Phi) is 6.51. The van der Waals surface area contributed by atoms with Crippen LogP contribution in [0.15, 0.2) is 139 Å². The average molecular weight is 626 g/mol. The van der Waals surface area contributed by atoms with Gasteiger partial charge in [0, 0.05) is 35.2 Å². The third-order valence-corrected chi connectivity index (χ3v) is 9.95. The van der Waals surface area contributed by atoms with Crippen LogP contribution in [-0.4, -0.2) is 17.0 Å². The first-order chi connectivity index (χ1) is 23.4. The molecule has 0 saturated heterocycles. The van der Waals surface area contributed by atoms with Crippen molar-refractivity contribution in [3.63, 3.8) is 0 Å². The van der Waals surface area contributed by atoms with Gasteiger partial charge in [-0.15, -0.1) is 0 Å². The molecule has 234 valence electrons. The highest BCUT2D eigenvalue weighted by atomic mass is 16.5. The summed E-state index contributed by atoms with van der Waals surface area (Å²) >= 11 is 0. The second-order valence-corrected chi connectivity index (χ2v) is 13.5. The lowest BCUT2D eigenvalue weighted by atomic mass is 9.74. The van der Waals surface area contributed by atoms with Crippen LogP contribution in [0.25, 0.3) is 11.1 Å². The quantitative estimate of drug-likeness (QED) is 0.191. The van der Waals surface area contributed by atoms with Crippen molar-refractivity contribution in [1.29, 1.82) is 0 Å². The fourth-order valence-corrected chi connectivity index (χ4v) is 7.65. The standard InChI is InChI=1S/C43H35N3O2/c1-27-20-32(46-38-18-10-9-16-36(38)43(2,3)37-17-11-19-44-41(37)46)26-33(21-27)47-34-23-30(28-12-5-4-6-13-28)22-31(24-34)42-45-40-35-15-8-7-14-29(35)25-39(40)48-42/h4-24,26,39-40H,25H2,1-3H3/t39-,40+/m0/s1. The predicted molar refractivity (Wildman–Crippen MR) is 192 cm³/mol. The number of aliphatic imine (C=N–C) groups is 1. The normalized spacial score (nSPS) is 18.2. The molecule has 0 spiro atoms. The van der Waals surface area contributed by atoms with Crippen LogP contribution in [0.1, 0.15) is 53.3 Å². The van der Waals surface area contributed by atoms with E-state index >= 15 is 0 Å². The van der Waals surface area contributed by atoms with E-state index in [1.54, 1.807) is 0 Å². The van der Waals surface area contributed by atoms with Gasteiger partial charge in [-0.3, -0.25) is 4.90 Å². The van der Waals surface area contributed by atoms with Crippen molar-refractivity contribution in [3.05, 3.63) is 167 Å². The van der Waals surface area contributed by atoms with Crippen LogP contribution < -0.4 is 9.64 Å². The Morgan fingerprint density at radius 3 is 2.38 bits per heavy atom. The Bertz CT molecular complexity index is 2190. The smallest absolute Gasteiger partial charge is 0.217 e. The second kappa shape index (κ2) is 11.0. The molecule has 3 aliphatic rings. The van der Waals surface area contributed by atoms with E-state index in [9.17, 15) is 0 Å². The lowest BCUT2D eigenvalue weighted by Crippen LogP contribution is -2.31. The Hall–Kier alpha value is -5.68. The Morgan fingerprint density at radius 2 is 1.48 bits per heavy atom. The number of rotatable bonds is 5. The van der Waals surface area contributed by atoms with Gasteiger partial charge in [0.05, 0.1) is 11.4 Å². The molecule has 3 heterocycles. The number of fused-ring (bicyclic) bond motifs is 5. The SMILES string of the molecule is Cc1cc(Oc2cc(C3=N[C@@H]4c5ccccc5C[C@@H]4O3)cc(-c3ccccc3)c2)cc(N2c3ccccc3C(C)(C)c3cccnc32)c1. The summed E-state index contributed by atoms with van der Waals surface area (Å²) in [4.78, 5) is 12.3. The van der Waals surface area contributed by atoms with Crippen LogP contribution in [0, 0.1) is 6.92 Å². The monoisotopic (exact) mass is 625 g/mol. The summed E-state index contributed by atoms with van der Waals surface area (Å²) in [5.74, 6) is 3.09. The van der Waals surface area contributed by atoms with Crippen LogP contribution in [0.5, 0.6) is 11.5 Å². The van der Waals surface area contributed by atoms with E-state index in [1.807, 2.05) is 18.3 Å². The van der Waals surface area contributed by atoms with Gasteiger partial charge >= 0.3 is 0 Å². The maximum atomic E-state index is 6.76. The van der Waals surface area contributed by atoms with Gasteiger partial charge in [-0.2, -0.15) is 0 Å². The topological polar surface area (TPSA) is 47.0 Å². The number of hydrogen-bond donors (Lipinski definition) is 0. The van der Waals surface area contributed by atoms with Crippen LogP contribution in [0.4, 0.5) is 17.2 Å². The van der Waals surface area contributed by atoms with Gasteiger partial charge in [0.25, 0.3) is 0 Å². The minimum absolute atomic E-state index is 0.0224. The van der Waals surface area contributed by atoms with Gasteiger partial charge in [-0.25, -0.2) is 9.98 Å². The lowest BCUT2D eigenvalue weighted by Gasteiger charge is -2.41. The van der Waals surface area contributed by atoms with Gasteiger partial charge in [0.1, 0.15) is 29.5 Å². The van der Waals surface area contributed by atoms with Crippen LogP contribution in [-0.2, 0) is 16.6 Å². The van der Waals surface area contributed by atoms with E-state index in [-0.39, 0.29) is 17.6 Å². The molecule has 0 bridgehead atoms. The molecule has 1 aliphatic carbocycles. The highest BCUT2D eigenvalue weighted by molar-refractivity contribution is 5.97. The summed E-state index contributed by atoms with van der Waals surface area (Å²) in [5.41, 5.74) is 11.2. The van der Waals surface area contributed by atoms with Gasteiger partial charge < -0.3 is 9.47 Å². The molecular weight excluding hydrogens is 590 g/mol. The van der Waals surface area contributed by atoms with Gasteiger partial charge in [-0.05, 0) is 82.8 Å². The summed E-state index contributed by atoms with van der Waals surface area (Å²) in [6, 6.07) is 44.5. The number of anilines is 3. The van der Waals surface area contributed by atoms with Crippen molar-refractivity contribution in [2.75, 3.05) is 4.90 Å². The molecule has 5 heteroatoms. The molecule has 0 fully saturated rings. The highest BCUT2D eigenvalue weighted by Gasteiger charge is 2.40. The summed E-state index contributed by atoms with van der Waals surface area (Å²) in [5, 5.41) is 0. The van der Waals surface area contributed by atoms with Crippen molar-refractivity contribution in [1.82, 2.24) is 4.98 Å². The average Bonchev–Trinajstić information content (AvgIpc) is 3.67. The fraction of sp³-hybridized carbons (Fsp3) is 0.163. The molecule has 1 aromatic heterocycles. The number of aryl methyl sites for hydroxylation is 1. The third kappa shape index (κ3) is 4.69. The number of benzene rings is 5. The molecule has 9 rings (SSSR count). The second-order valence-electron chi connectivity index (χ2n) is 13.5. The van der Waals surface area contributed by atoms with E-state index in [1.165, 1.54) is 22.3 Å². The molecule has 0 amide bonds. The summed E-state index contributed by atoms with van der Waals surface area (Å²) in [7, 11) is 0. The largest absolute Gasteiger partial charge is 0.471 e. The lowest BCUT2D eigenvalue weighted by molar-refractivity contribution is 0.206. The van der Waals surface area contributed by atoms with Crippen LogP contribution >= 0.6 is 0 Å². The zero-order chi connectivity index (χ0) is 32.4. The summed E-state index contributed by atoms with van der Waals surface area (Å²) in [6.45, 7) is 6.66. The van der Waals surface area contributed by atoms with Gasteiger partial charge in [0.2, 0.25) is 5.90 Å². The number of pyridine rings is 1. The molecule has 2 atom stereocenters. The maximum Gasteiger partial charge on any atom is 0.217 e. The number of hydrogen-bond acceptors (Lipinski definition) is 5. The number of aromatic nitrogens is 1. The molecule has 2 aliphatic heterocycles. The first-order valence-electron chi connectivity index (χ1n) is 16.6. The Balaban J connectivity index is 1.12.